The minimum Gasteiger partial charge on any atom is -0.434 e. The van der Waals surface area contributed by atoms with E-state index in [1.807, 2.05) is 27.7 Å². The monoisotopic (exact) mass is 227 g/mol. The summed E-state index contributed by atoms with van der Waals surface area (Å²) < 4.78 is 11.3. The maximum Gasteiger partial charge on any atom is 0.362 e. The van der Waals surface area contributed by atoms with Gasteiger partial charge in [-0.2, -0.15) is 0 Å². The van der Waals surface area contributed by atoms with E-state index < -0.39 is 5.97 Å². The minimum absolute atomic E-state index is 0.0578. The van der Waals surface area contributed by atoms with Gasteiger partial charge in [-0.05, 0) is 27.7 Å². The summed E-state index contributed by atoms with van der Waals surface area (Å²) in [6.45, 7) is 8.17. The Kier molecular flexibility index (Phi) is 4.00. The fourth-order valence-electron chi connectivity index (χ4n) is 0.938. The zero-order chi connectivity index (χ0) is 12.2. The summed E-state index contributed by atoms with van der Waals surface area (Å²) in [5, 5.41) is 7.61. The van der Waals surface area contributed by atoms with Crippen molar-refractivity contribution in [3.05, 3.63) is 11.9 Å². The molecule has 1 aromatic heterocycles. The van der Waals surface area contributed by atoms with Crippen LogP contribution in [0, 0.1) is 0 Å². The number of aromatic nitrogens is 3. The second-order valence-corrected chi connectivity index (χ2v) is 4.26. The predicted molar refractivity (Wildman–Crippen MR) is 56.9 cm³/mol. The molecule has 0 aromatic carbocycles. The highest BCUT2D eigenvalue weighted by Gasteiger charge is 2.18. The number of rotatable bonds is 4. The lowest BCUT2D eigenvalue weighted by Crippen LogP contribution is -2.22. The van der Waals surface area contributed by atoms with E-state index >= 15 is 0 Å². The molecule has 0 aliphatic carbocycles. The SMILES string of the molecule is CCOCOC(=O)c1cn(C(C)(C)C)nn1. The average Bonchev–Trinajstić information content (AvgIpc) is 2.66. The largest absolute Gasteiger partial charge is 0.434 e. The van der Waals surface area contributed by atoms with Crippen LogP contribution in [0.2, 0.25) is 0 Å². The molecular weight excluding hydrogens is 210 g/mol. The summed E-state index contributed by atoms with van der Waals surface area (Å²) in [5.74, 6) is -0.524. The summed E-state index contributed by atoms with van der Waals surface area (Å²) in [6.07, 6.45) is 1.56. The van der Waals surface area contributed by atoms with Crippen LogP contribution in [-0.2, 0) is 15.0 Å². The Morgan fingerprint density at radius 3 is 2.69 bits per heavy atom. The second-order valence-electron chi connectivity index (χ2n) is 4.26. The molecule has 0 atom stereocenters. The molecule has 16 heavy (non-hydrogen) atoms. The van der Waals surface area contributed by atoms with Crippen LogP contribution in [-0.4, -0.2) is 34.4 Å². The summed E-state index contributed by atoms with van der Waals surface area (Å²) in [5.41, 5.74) is -0.0135. The van der Waals surface area contributed by atoms with E-state index in [2.05, 4.69) is 10.3 Å². The quantitative estimate of drug-likeness (QED) is 0.439. The van der Waals surface area contributed by atoms with Crippen LogP contribution in [0.5, 0.6) is 0 Å². The molecule has 0 fully saturated rings. The molecule has 0 saturated heterocycles. The summed E-state index contributed by atoms with van der Waals surface area (Å²) in [7, 11) is 0. The van der Waals surface area contributed by atoms with E-state index in [-0.39, 0.29) is 18.0 Å². The van der Waals surface area contributed by atoms with Crippen molar-refractivity contribution in [2.75, 3.05) is 13.4 Å². The van der Waals surface area contributed by atoms with E-state index in [1.54, 1.807) is 10.9 Å². The second kappa shape index (κ2) is 5.07. The van der Waals surface area contributed by atoms with Gasteiger partial charge in [-0.3, -0.25) is 0 Å². The molecule has 1 rings (SSSR count). The molecular formula is C10H17N3O3. The molecule has 0 aliphatic heterocycles. The Morgan fingerprint density at radius 2 is 2.19 bits per heavy atom. The third kappa shape index (κ3) is 3.30. The van der Waals surface area contributed by atoms with Gasteiger partial charge in [0.15, 0.2) is 12.5 Å². The first-order chi connectivity index (χ1) is 7.45. The molecule has 6 nitrogen and oxygen atoms in total. The van der Waals surface area contributed by atoms with Crippen LogP contribution in [0.3, 0.4) is 0 Å². The summed E-state index contributed by atoms with van der Waals surface area (Å²) >= 11 is 0. The summed E-state index contributed by atoms with van der Waals surface area (Å²) in [4.78, 5) is 11.4. The summed E-state index contributed by atoms with van der Waals surface area (Å²) in [6, 6.07) is 0. The maximum absolute atomic E-state index is 11.4. The van der Waals surface area contributed by atoms with Crippen LogP contribution < -0.4 is 0 Å². The number of hydrogen-bond acceptors (Lipinski definition) is 5. The number of ether oxygens (including phenoxy) is 2. The van der Waals surface area contributed by atoms with Gasteiger partial charge in [-0.1, -0.05) is 5.21 Å². The van der Waals surface area contributed by atoms with Crippen molar-refractivity contribution in [2.24, 2.45) is 0 Å². The molecule has 6 heteroatoms. The first kappa shape index (κ1) is 12.6. The molecule has 0 amide bonds. The van der Waals surface area contributed by atoms with Gasteiger partial charge < -0.3 is 9.47 Å². The van der Waals surface area contributed by atoms with Crippen LogP contribution in [0.4, 0.5) is 0 Å². The molecule has 0 saturated carbocycles. The fraction of sp³-hybridized carbons (Fsp3) is 0.700. The van der Waals surface area contributed by atoms with Gasteiger partial charge in [-0.15, -0.1) is 5.10 Å². The number of nitrogens with zero attached hydrogens (tertiary/aromatic N) is 3. The van der Waals surface area contributed by atoms with E-state index in [1.165, 1.54) is 0 Å². The molecule has 0 unspecified atom stereocenters. The Hall–Kier alpha value is -1.43. The lowest BCUT2D eigenvalue weighted by atomic mass is 10.1. The highest BCUT2D eigenvalue weighted by molar-refractivity contribution is 5.86. The van der Waals surface area contributed by atoms with Crippen LogP contribution in [0.15, 0.2) is 6.20 Å². The zero-order valence-electron chi connectivity index (χ0n) is 10.1. The average molecular weight is 227 g/mol. The smallest absolute Gasteiger partial charge is 0.362 e. The van der Waals surface area contributed by atoms with Crippen molar-refractivity contribution in [1.82, 2.24) is 15.0 Å². The lowest BCUT2D eigenvalue weighted by Gasteiger charge is -2.17. The molecule has 1 aromatic rings. The van der Waals surface area contributed by atoms with E-state index in [9.17, 15) is 4.79 Å². The van der Waals surface area contributed by atoms with Crippen molar-refractivity contribution in [3.8, 4) is 0 Å². The highest BCUT2D eigenvalue weighted by atomic mass is 16.7. The first-order valence-electron chi connectivity index (χ1n) is 5.13. The zero-order valence-corrected chi connectivity index (χ0v) is 10.1. The Balaban J connectivity index is 2.60. The molecule has 0 radical (unpaired) electrons. The van der Waals surface area contributed by atoms with E-state index in [0.29, 0.717) is 6.61 Å². The molecule has 0 aliphatic rings. The van der Waals surface area contributed by atoms with Crippen LogP contribution in [0.25, 0.3) is 0 Å². The van der Waals surface area contributed by atoms with Crippen LogP contribution >= 0.6 is 0 Å². The van der Waals surface area contributed by atoms with Crippen molar-refractivity contribution < 1.29 is 14.3 Å². The molecule has 1 heterocycles. The standard InChI is InChI=1S/C10H17N3O3/c1-5-15-7-16-9(14)8-6-13(12-11-8)10(2,3)4/h6H,5,7H2,1-4H3. The van der Waals surface area contributed by atoms with Gasteiger partial charge in [0, 0.05) is 6.61 Å². The highest BCUT2D eigenvalue weighted by Crippen LogP contribution is 2.11. The molecule has 0 spiro atoms. The number of hydrogen-bond donors (Lipinski definition) is 0. The van der Waals surface area contributed by atoms with Gasteiger partial charge >= 0.3 is 5.97 Å². The van der Waals surface area contributed by atoms with Crippen molar-refractivity contribution in [2.45, 2.75) is 33.2 Å². The van der Waals surface area contributed by atoms with Crippen molar-refractivity contribution in [1.29, 1.82) is 0 Å². The minimum atomic E-state index is -0.524. The van der Waals surface area contributed by atoms with E-state index in [0.717, 1.165) is 0 Å². The maximum atomic E-state index is 11.4. The first-order valence-corrected chi connectivity index (χ1v) is 5.13. The van der Waals surface area contributed by atoms with Gasteiger partial charge in [0.1, 0.15) is 0 Å². The van der Waals surface area contributed by atoms with Gasteiger partial charge in [0.05, 0.1) is 11.7 Å². The normalized spacial score (nSPS) is 11.5. The van der Waals surface area contributed by atoms with Crippen LogP contribution in [0.1, 0.15) is 38.2 Å². The predicted octanol–water partition coefficient (Wildman–Crippen LogP) is 1.18. The van der Waals surface area contributed by atoms with Crippen molar-refractivity contribution in [3.63, 3.8) is 0 Å². The molecule has 0 bridgehead atoms. The van der Waals surface area contributed by atoms with Gasteiger partial charge in [-0.25, -0.2) is 9.48 Å². The van der Waals surface area contributed by atoms with Crippen molar-refractivity contribution >= 4 is 5.97 Å². The Morgan fingerprint density at radius 1 is 1.50 bits per heavy atom. The van der Waals surface area contributed by atoms with Gasteiger partial charge in [0.25, 0.3) is 0 Å². The lowest BCUT2D eigenvalue weighted by molar-refractivity contribution is -0.0278. The topological polar surface area (TPSA) is 66.2 Å². The Bertz CT molecular complexity index is 354. The van der Waals surface area contributed by atoms with Gasteiger partial charge in [0.2, 0.25) is 0 Å². The Labute approximate surface area is 94.5 Å². The fourth-order valence-corrected chi connectivity index (χ4v) is 0.938. The number of carbonyl (C=O) groups is 1. The molecule has 0 N–H and O–H groups in total. The van der Waals surface area contributed by atoms with E-state index in [4.69, 9.17) is 9.47 Å². The number of esters is 1. The molecule has 90 valence electrons. The number of carbonyl (C=O) groups excluding carboxylic acids is 1. The third-order valence-electron chi connectivity index (χ3n) is 1.87. The third-order valence-corrected chi connectivity index (χ3v) is 1.87.